The number of alkyl halides is 3. The first-order chi connectivity index (χ1) is 9.36. The zero-order valence-electron chi connectivity index (χ0n) is 10.0. The number of aromatic nitrogens is 3. The minimum absolute atomic E-state index is 0.0271. The molecule has 1 amide bonds. The third-order valence-corrected chi connectivity index (χ3v) is 2.88. The molecule has 0 fully saturated rings. The maximum Gasteiger partial charge on any atom is 0.251 e. The van der Waals surface area contributed by atoms with Crippen LogP contribution in [0.4, 0.5) is 5.69 Å². The van der Waals surface area contributed by atoms with Crippen molar-refractivity contribution in [3.05, 3.63) is 41.5 Å². The SMILES string of the molecule is Nc1ccc(C(=O)NCc2nc(C(Cl)(Cl)Cl)n[nH]2)cc1. The lowest BCUT2D eigenvalue weighted by atomic mass is 10.2. The van der Waals surface area contributed by atoms with Crippen molar-refractivity contribution in [2.45, 2.75) is 10.3 Å². The van der Waals surface area contributed by atoms with E-state index in [1.54, 1.807) is 24.3 Å². The molecule has 0 aliphatic rings. The third-order valence-electron chi connectivity index (χ3n) is 2.37. The van der Waals surface area contributed by atoms with Crippen LogP contribution in [0.3, 0.4) is 0 Å². The average Bonchev–Trinajstić information content (AvgIpc) is 2.85. The molecule has 0 bridgehead atoms. The van der Waals surface area contributed by atoms with Gasteiger partial charge >= 0.3 is 0 Å². The fourth-order valence-corrected chi connectivity index (χ4v) is 1.66. The molecule has 20 heavy (non-hydrogen) atoms. The minimum Gasteiger partial charge on any atom is -0.399 e. The Morgan fingerprint density at radius 1 is 1.30 bits per heavy atom. The molecule has 4 N–H and O–H groups in total. The van der Waals surface area contributed by atoms with Crippen LogP contribution in [0.5, 0.6) is 0 Å². The normalized spacial score (nSPS) is 11.3. The number of nitrogens with two attached hydrogens (primary N) is 1. The number of hydrogen-bond acceptors (Lipinski definition) is 4. The molecule has 0 spiro atoms. The number of hydrogen-bond donors (Lipinski definition) is 3. The molecular weight excluding hydrogens is 325 g/mol. The van der Waals surface area contributed by atoms with Gasteiger partial charge in [0, 0.05) is 11.3 Å². The highest BCUT2D eigenvalue weighted by Crippen LogP contribution is 2.35. The zero-order valence-corrected chi connectivity index (χ0v) is 12.3. The van der Waals surface area contributed by atoms with Crippen LogP contribution in [0.2, 0.25) is 0 Å². The predicted molar refractivity (Wildman–Crippen MR) is 77.6 cm³/mol. The Bertz CT molecular complexity index is 605. The summed E-state index contributed by atoms with van der Waals surface area (Å²) in [7, 11) is 0. The second-order valence-corrected chi connectivity index (χ2v) is 6.19. The minimum atomic E-state index is -1.70. The van der Waals surface area contributed by atoms with E-state index >= 15 is 0 Å². The first kappa shape index (κ1) is 14.9. The fourth-order valence-electron chi connectivity index (χ4n) is 1.40. The van der Waals surface area contributed by atoms with Gasteiger partial charge in [0.25, 0.3) is 9.70 Å². The van der Waals surface area contributed by atoms with Gasteiger partial charge in [-0.25, -0.2) is 4.98 Å². The molecular formula is C11H10Cl3N5O. The highest BCUT2D eigenvalue weighted by Gasteiger charge is 2.28. The first-order valence-electron chi connectivity index (χ1n) is 5.48. The van der Waals surface area contributed by atoms with Gasteiger partial charge in [0.2, 0.25) is 5.82 Å². The van der Waals surface area contributed by atoms with E-state index in [-0.39, 0.29) is 18.3 Å². The summed E-state index contributed by atoms with van der Waals surface area (Å²) < 4.78 is -1.70. The van der Waals surface area contributed by atoms with Crippen molar-refractivity contribution >= 4 is 46.4 Å². The number of rotatable bonds is 3. The van der Waals surface area contributed by atoms with Crippen molar-refractivity contribution < 1.29 is 4.79 Å². The van der Waals surface area contributed by atoms with E-state index in [1.165, 1.54) is 0 Å². The van der Waals surface area contributed by atoms with Crippen LogP contribution in [0.25, 0.3) is 0 Å². The smallest absolute Gasteiger partial charge is 0.251 e. The summed E-state index contributed by atoms with van der Waals surface area (Å²) in [5.74, 6) is 0.145. The van der Waals surface area contributed by atoms with Gasteiger partial charge in [0.15, 0.2) is 0 Å². The van der Waals surface area contributed by atoms with Gasteiger partial charge in [-0.05, 0) is 24.3 Å². The van der Waals surface area contributed by atoms with Crippen LogP contribution in [-0.2, 0) is 10.3 Å². The lowest BCUT2D eigenvalue weighted by Crippen LogP contribution is -2.23. The Balaban J connectivity index is 1.97. The third kappa shape index (κ3) is 3.75. The van der Waals surface area contributed by atoms with E-state index in [0.717, 1.165) is 0 Å². The Labute approximate surface area is 129 Å². The van der Waals surface area contributed by atoms with Crippen LogP contribution < -0.4 is 11.1 Å². The Kier molecular flexibility index (Phi) is 4.37. The van der Waals surface area contributed by atoms with E-state index in [0.29, 0.717) is 17.1 Å². The molecule has 0 saturated carbocycles. The van der Waals surface area contributed by atoms with E-state index < -0.39 is 3.79 Å². The van der Waals surface area contributed by atoms with Crippen molar-refractivity contribution in [2.24, 2.45) is 0 Å². The maximum atomic E-state index is 11.8. The number of halogens is 3. The number of nitrogen functional groups attached to an aromatic ring is 1. The summed E-state index contributed by atoms with van der Waals surface area (Å²) in [5, 5.41) is 8.99. The molecule has 1 heterocycles. The molecule has 0 aliphatic heterocycles. The number of benzene rings is 1. The molecule has 1 aromatic carbocycles. The standard InChI is InChI=1S/C11H10Cl3N5O/c12-11(13,14)10-17-8(18-19-10)5-16-9(20)6-1-3-7(15)4-2-6/h1-4H,5,15H2,(H,16,20)(H,17,18,19). The number of H-pyrrole nitrogens is 1. The molecule has 0 saturated heterocycles. The quantitative estimate of drug-likeness (QED) is 0.592. The number of amides is 1. The zero-order chi connectivity index (χ0) is 14.8. The lowest BCUT2D eigenvalue weighted by Gasteiger charge is -2.04. The second-order valence-electron chi connectivity index (χ2n) is 3.91. The van der Waals surface area contributed by atoms with Gasteiger partial charge in [0.1, 0.15) is 5.82 Å². The van der Waals surface area contributed by atoms with Crippen molar-refractivity contribution in [3.8, 4) is 0 Å². The van der Waals surface area contributed by atoms with Crippen LogP contribution in [0.1, 0.15) is 22.0 Å². The molecule has 6 nitrogen and oxygen atoms in total. The molecule has 0 radical (unpaired) electrons. The maximum absolute atomic E-state index is 11.8. The number of nitrogens with zero attached hydrogens (tertiary/aromatic N) is 2. The van der Waals surface area contributed by atoms with Gasteiger partial charge < -0.3 is 11.1 Å². The molecule has 1 aromatic heterocycles. The van der Waals surface area contributed by atoms with Crippen molar-refractivity contribution in [2.75, 3.05) is 5.73 Å². The first-order valence-corrected chi connectivity index (χ1v) is 6.62. The Morgan fingerprint density at radius 2 is 1.95 bits per heavy atom. The van der Waals surface area contributed by atoms with Crippen LogP contribution in [0.15, 0.2) is 24.3 Å². The molecule has 2 aromatic rings. The van der Waals surface area contributed by atoms with E-state index in [2.05, 4.69) is 20.5 Å². The number of carbonyl (C=O) groups is 1. The van der Waals surface area contributed by atoms with Crippen molar-refractivity contribution in [3.63, 3.8) is 0 Å². The monoisotopic (exact) mass is 333 g/mol. The Morgan fingerprint density at radius 3 is 2.50 bits per heavy atom. The number of nitrogens with one attached hydrogen (secondary N) is 2. The molecule has 0 aliphatic carbocycles. The van der Waals surface area contributed by atoms with Crippen LogP contribution in [0, 0.1) is 0 Å². The van der Waals surface area contributed by atoms with E-state index in [1.807, 2.05) is 0 Å². The molecule has 106 valence electrons. The summed E-state index contributed by atoms with van der Waals surface area (Å²) in [6.07, 6.45) is 0. The molecule has 2 rings (SSSR count). The Hall–Kier alpha value is -1.50. The van der Waals surface area contributed by atoms with Gasteiger partial charge in [-0.1, -0.05) is 34.8 Å². The predicted octanol–water partition coefficient (Wildman–Crippen LogP) is 2.14. The largest absolute Gasteiger partial charge is 0.399 e. The summed E-state index contributed by atoms with van der Waals surface area (Å²) in [6, 6.07) is 6.53. The van der Waals surface area contributed by atoms with Crippen molar-refractivity contribution in [1.29, 1.82) is 0 Å². The summed E-state index contributed by atoms with van der Waals surface area (Å²) in [5.41, 5.74) is 6.62. The lowest BCUT2D eigenvalue weighted by molar-refractivity contribution is 0.0950. The molecule has 0 atom stereocenters. The molecule has 9 heteroatoms. The van der Waals surface area contributed by atoms with E-state index in [9.17, 15) is 4.79 Å². The average molecular weight is 335 g/mol. The highest BCUT2D eigenvalue weighted by atomic mass is 35.6. The number of anilines is 1. The van der Waals surface area contributed by atoms with Crippen LogP contribution in [-0.4, -0.2) is 21.1 Å². The van der Waals surface area contributed by atoms with Gasteiger partial charge in [0.05, 0.1) is 6.54 Å². The van der Waals surface area contributed by atoms with Gasteiger partial charge in [-0.2, -0.15) is 5.10 Å². The summed E-state index contributed by atoms with van der Waals surface area (Å²) in [4.78, 5) is 15.8. The highest BCUT2D eigenvalue weighted by molar-refractivity contribution is 6.66. The van der Waals surface area contributed by atoms with Gasteiger partial charge in [-0.3, -0.25) is 9.89 Å². The van der Waals surface area contributed by atoms with Crippen molar-refractivity contribution in [1.82, 2.24) is 20.5 Å². The second kappa shape index (κ2) is 5.87. The summed E-state index contributed by atoms with van der Waals surface area (Å²) in [6.45, 7) is 0.136. The number of aromatic amines is 1. The van der Waals surface area contributed by atoms with E-state index in [4.69, 9.17) is 40.5 Å². The molecule has 0 unspecified atom stereocenters. The fraction of sp³-hybridized carbons (Fsp3) is 0.182. The summed E-state index contributed by atoms with van der Waals surface area (Å²) >= 11 is 16.9. The van der Waals surface area contributed by atoms with Crippen LogP contribution >= 0.6 is 34.8 Å². The topological polar surface area (TPSA) is 96.7 Å². The number of carbonyl (C=O) groups excluding carboxylic acids is 1. The van der Waals surface area contributed by atoms with Gasteiger partial charge in [-0.15, -0.1) is 0 Å².